The summed E-state index contributed by atoms with van der Waals surface area (Å²) in [4.78, 5) is 23.4. The summed E-state index contributed by atoms with van der Waals surface area (Å²) in [5.41, 5.74) is 0. The number of hydrogen-bond donors (Lipinski definition) is 3. The fourth-order valence-electron chi connectivity index (χ4n) is 10.6. The molecule has 3 N–H and O–H groups in total. The SMILES string of the molecule is CCCCCCC/C=C\C/C=C\C/C=C\CCCCCCCCCCCCCCC(=O)NC(COP(=O)(O)OCC[N+](C)(C)C)C(O)/C=C/CCCCCCCCCCCCCCCCCCCCCCCCCCCCCCC. The number of likely N-dealkylation sites (N-methyl/N-ethyl adjacent to an activating group) is 1. The third-order valence-electron chi connectivity index (χ3n) is 16.0. The van der Waals surface area contributed by atoms with Gasteiger partial charge in [-0.25, -0.2) is 4.57 Å². The minimum atomic E-state index is -4.36. The van der Waals surface area contributed by atoms with Crippen molar-refractivity contribution >= 4 is 13.7 Å². The molecule has 0 saturated heterocycles. The highest BCUT2D eigenvalue weighted by Gasteiger charge is 2.28. The lowest BCUT2D eigenvalue weighted by Crippen LogP contribution is -2.45. The highest BCUT2D eigenvalue weighted by molar-refractivity contribution is 7.47. The lowest BCUT2D eigenvalue weighted by Gasteiger charge is -2.25. The summed E-state index contributed by atoms with van der Waals surface area (Å²) in [5.74, 6) is -0.175. The van der Waals surface area contributed by atoms with E-state index in [-0.39, 0.29) is 19.1 Å². The van der Waals surface area contributed by atoms with Crippen LogP contribution in [0.5, 0.6) is 0 Å². The fraction of sp³-hybridized carbons (Fsp3) is 0.873. The van der Waals surface area contributed by atoms with Gasteiger partial charge in [-0.3, -0.25) is 13.8 Å². The molecule has 1 amide bonds. The van der Waals surface area contributed by atoms with Gasteiger partial charge in [0.1, 0.15) is 13.2 Å². The van der Waals surface area contributed by atoms with Crippen LogP contribution in [-0.4, -0.2) is 73.4 Å². The van der Waals surface area contributed by atoms with E-state index in [1.165, 1.54) is 276 Å². The second-order valence-corrected chi connectivity index (χ2v) is 26.7. The minimum absolute atomic E-state index is 0.0612. The maximum absolute atomic E-state index is 13.0. The topological polar surface area (TPSA) is 105 Å². The molecule has 472 valence electrons. The maximum atomic E-state index is 13.0. The molecule has 0 aromatic heterocycles. The molecule has 0 saturated carbocycles. The van der Waals surface area contributed by atoms with Crippen molar-refractivity contribution in [3.63, 3.8) is 0 Å². The summed E-state index contributed by atoms with van der Waals surface area (Å²) >= 11 is 0. The number of phosphoric acid groups is 1. The molecule has 0 aliphatic heterocycles. The Balaban J connectivity index is 4.07. The van der Waals surface area contributed by atoms with Gasteiger partial charge >= 0.3 is 7.82 Å². The smallest absolute Gasteiger partial charge is 0.387 e. The molecule has 0 heterocycles. The van der Waals surface area contributed by atoms with Gasteiger partial charge in [-0.1, -0.05) is 332 Å². The number of aliphatic hydroxyl groups is 1. The van der Waals surface area contributed by atoms with Crippen molar-refractivity contribution in [3.05, 3.63) is 48.6 Å². The van der Waals surface area contributed by atoms with Crippen LogP contribution in [0.4, 0.5) is 0 Å². The predicted molar refractivity (Wildman–Crippen MR) is 351 cm³/mol. The molecular formula is C71H138N2O6P+. The van der Waals surface area contributed by atoms with Gasteiger partial charge in [0.15, 0.2) is 0 Å². The van der Waals surface area contributed by atoms with Gasteiger partial charge in [-0.2, -0.15) is 0 Å². The standard InChI is InChI=1S/C71H137N2O6P/c1-6-8-10-12-14-16-18-20-22-24-26-28-30-32-34-35-36-37-39-40-42-44-46-48-50-52-54-56-58-60-62-64-70(74)69(68-79-80(76,77)78-67-66-73(3,4)5)72-71(75)65-63-61-59-57-55-53-51-49-47-45-43-41-38-33-31-29-27-25-23-21-19-17-15-13-11-9-7-2/h19,21,25,27,31,33,62,64,69-70,74H,6-18,20,22-24,26,28-30,32,34-61,63,65-68H2,1-5H3,(H-,72,75,76,77)/p+1/b21-19-,27-25-,33-31-,64-62+. The van der Waals surface area contributed by atoms with Crippen molar-refractivity contribution in [1.82, 2.24) is 5.32 Å². The molecule has 9 heteroatoms. The average Bonchev–Trinajstić information content (AvgIpc) is 3.42. The van der Waals surface area contributed by atoms with E-state index in [1.54, 1.807) is 6.08 Å². The zero-order valence-electron chi connectivity index (χ0n) is 54.1. The number of unbranched alkanes of at least 4 members (excludes halogenated alkanes) is 46. The van der Waals surface area contributed by atoms with Gasteiger partial charge in [0.05, 0.1) is 39.9 Å². The Kier molecular flexibility index (Phi) is 60.8. The van der Waals surface area contributed by atoms with E-state index in [2.05, 4.69) is 55.6 Å². The molecule has 0 aromatic rings. The van der Waals surface area contributed by atoms with E-state index in [9.17, 15) is 19.4 Å². The summed E-state index contributed by atoms with van der Waals surface area (Å²) in [5, 5.41) is 14.0. The summed E-state index contributed by atoms with van der Waals surface area (Å²) in [6, 6.07) is -0.851. The Hall–Kier alpha value is -1.54. The second-order valence-electron chi connectivity index (χ2n) is 25.3. The zero-order valence-corrected chi connectivity index (χ0v) is 55.0. The Morgan fingerprint density at radius 2 is 0.713 bits per heavy atom. The van der Waals surface area contributed by atoms with Crippen LogP contribution >= 0.6 is 7.82 Å². The molecule has 0 aliphatic rings. The van der Waals surface area contributed by atoms with Gasteiger partial charge in [0, 0.05) is 6.42 Å². The van der Waals surface area contributed by atoms with Gasteiger partial charge in [-0.05, 0) is 57.8 Å². The van der Waals surface area contributed by atoms with Crippen molar-refractivity contribution in [2.24, 2.45) is 0 Å². The molecule has 0 rings (SSSR count). The van der Waals surface area contributed by atoms with Crippen LogP contribution < -0.4 is 5.32 Å². The minimum Gasteiger partial charge on any atom is -0.387 e. The molecule has 0 radical (unpaired) electrons. The Labute approximate surface area is 499 Å². The van der Waals surface area contributed by atoms with Gasteiger partial charge in [0.25, 0.3) is 0 Å². The molecule has 0 fully saturated rings. The van der Waals surface area contributed by atoms with E-state index in [0.29, 0.717) is 17.4 Å². The first-order valence-electron chi connectivity index (χ1n) is 35.0. The third-order valence-corrected chi connectivity index (χ3v) is 17.0. The van der Waals surface area contributed by atoms with Crippen LogP contribution in [0, 0.1) is 0 Å². The first-order chi connectivity index (χ1) is 39.0. The first-order valence-corrected chi connectivity index (χ1v) is 36.5. The molecule has 0 bridgehead atoms. The molecule has 0 aromatic carbocycles. The number of amides is 1. The van der Waals surface area contributed by atoms with Crippen molar-refractivity contribution in [1.29, 1.82) is 0 Å². The zero-order chi connectivity index (χ0) is 58.4. The number of hydrogen-bond acceptors (Lipinski definition) is 5. The molecular weight excluding hydrogens is 1010 g/mol. The second kappa shape index (κ2) is 62.0. The fourth-order valence-corrected chi connectivity index (χ4v) is 11.3. The Morgan fingerprint density at radius 1 is 0.425 bits per heavy atom. The van der Waals surface area contributed by atoms with Crippen LogP contribution in [-0.2, 0) is 18.4 Å². The third kappa shape index (κ3) is 64.0. The molecule has 3 atom stereocenters. The molecule has 8 nitrogen and oxygen atoms in total. The molecule has 3 unspecified atom stereocenters. The lowest BCUT2D eigenvalue weighted by atomic mass is 10.0. The van der Waals surface area contributed by atoms with Crippen molar-refractivity contribution in [2.45, 2.75) is 360 Å². The largest absolute Gasteiger partial charge is 0.472 e. The maximum Gasteiger partial charge on any atom is 0.472 e. The highest BCUT2D eigenvalue weighted by atomic mass is 31.2. The van der Waals surface area contributed by atoms with Crippen molar-refractivity contribution in [3.8, 4) is 0 Å². The molecule has 0 aliphatic carbocycles. The number of allylic oxidation sites excluding steroid dienone is 7. The Bertz CT molecular complexity index is 1440. The first kappa shape index (κ1) is 78.5. The van der Waals surface area contributed by atoms with Crippen LogP contribution in [0.1, 0.15) is 348 Å². The van der Waals surface area contributed by atoms with E-state index in [0.717, 1.165) is 51.4 Å². The number of carbonyl (C=O) groups excluding carboxylic acids is 1. The van der Waals surface area contributed by atoms with Crippen molar-refractivity contribution < 1.29 is 32.9 Å². The number of nitrogens with zero attached hydrogens (tertiary/aromatic N) is 1. The predicted octanol–water partition coefficient (Wildman–Crippen LogP) is 22.2. The number of rotatable bonds is 65. The van der Waals surface area contributed by atoms with Gasteiger partial charge < -0.3 is 19.8 Å². The molecule has 0 spiro atoms. The van der Waals surface area contributed by atoms with Gasteiger partial charge in [0.2, 0.25) is 5.91 Å². The number of quaternary nitrogens is 1. The van der Waals surface area contributed by atoms with Crippen LogP contribution in [0.3, 0.4) is 0 Å². The summed E-state index contributed by atoms with van der Waals surface area (Å²) in [7, 11) is 1.58. The summed E-state index contributed by atoms with van der Waals surface area (Å²) in [6.45, 7) is 4.85. The van der Waals surface area contributed by atoms with Gasteiger partial charge in [-0.15, -0.1) is 0 Å². The number of phosphoric ester groups is 1. The summed E-state index contributed by atoms with van der Waals surface area (Å²) in [6.07, 6.45) is 84.0. The number of nitrogens with one attached hydrogen (secondary N) is 1. The Morgan fingerprint density at radius 3 is 1.04 bits per heavy atom. The van der Waals surface area contributed by atoms with E-state index in [1.807, 2.05) is 27.2 Å². The van der Waals surface area contributed by atoms with E-state index < -0.39 is 20.0 Å². The normalized spacial score (nSPS) is 13.9. The van der Waals surface area contributed by atoms with Crippen LogP contribution in [0.15, 0.2) is 48.6 Å². The van der Waals surface area contributed by atoms with E-state index in [4.69, 9.17) is 9.05 Å². The number of carbonyl (C=O) groups is 1. The average molecular weight is 1150 g/mol. The van der Waals surface area contributed by atoms with Crippen LogP contribution in [0.25, 0.3) is 0 Å². The molecule has 80 heavy (non-hydrogen) atoms. The summed E-state index contributed by atoms with van der Waals surface area (Å²) < 4.78 is 23.8. The highest BCUT2D eigenvalue weighted by Crippen LogP contribution is 2.43. The van der Waals surface area contributed by atoms with E-state index >= 15 is 0 Å². The monoisotopic (exact) mass is 1150 g/mol. The van der Waals surface area contributed by atoms with Crippen molar-refractivity contribution in [2.75, 3.05) is 40.9 Å². The van der Waals surface area contributed by atoms with Crippen LogP contribution in [0.2, 0.25) is 0 Å². The number of aliphatic hydroxyl groups excluding tert-OH is 1. The quantitative estimate of drug-likeness (QED) is 0.0243. The lowest BCUT2D eigenvalue weighted by molar-refractivity contribution is -0.870.